The van der Waals surface area contributed by atoms with Gasteiger partial charge in [0.1, 0.15) is 0 Å². The van der Waals surface area contributed by atoms with E-state index in [-0.39, 0.29) is 35.6 Å². The second-order valence-corrected chi connectivity index (χ2v) is 12.0. The summed E-state index contributed by atoms with van der Waals surface area (Å²) in [5.41, 5.74) is 0.999. The van der Waals surface area contributed by atoms with Crippen molar-refractivity contribution in [2.24, 2.45) is 17.8 Å². The van der Waals surface area contributed by atoms with Crippen LogP contribution in [0, 0.1) is 17.8 Å². The quantitative estimate of drug-likeness (QED) is 0.310. The third kappa shape index (κ3) is 3.47. The minimum Gasteiger partial charge on any atom is -0.504 e. The number of benzene rings is 2. The highest BCUT2D eigenvalue weighted by molar-refractivity contribution is 6.53. The molecule has 2 aliphatic heterocycles. The van der Waals surface area contributed by atoms with Gasteiger partial charge in [0, 0.05) is 13.0 Å². The fraction of sp³-hybridized carbons (Fsp3) is 0.345. The molecule has 4 aliphatic rings. The predicted octanol–water partition coefficient (Wildman–Crippen LogP) is 3.29. The normalized spacial score (nSPS) is 32.4. The van der Waals surface area contributed by atoms with Crippen molar-refractivity contribution in [3.63, 3.8) is 0 Å². The van der Waals surface area contributed by atoms with Crippen LogP contribution in [0.4, 0.5) is 5.69 Å². The molecule has 0 radical (unpaired) electrons. The van der Waals surface area contributed by atoms with E-state index in [9.17, 15) is 34.2 Å². The Bertz CT molecular complexity index is 1610. The Morgan fingerprint density at radius 2 is 1.76 bits per heavy atom. The third-order valence-electron chi connectivity index (χ3n) is 8.90. The second kappa shape index (κ2) is 9.06. The van der Waals surface area contributed by atoms with Crippen LogP contribution in [0.1, 0.15) is 34.7 Å². The first-order chi connectivity index (χ1) is 19.4. The summed E-state index contributed by atoms with van der Waals surface area (Å²) in [6.07, 6.45) is 1.74. The molecule has 2 heterocycles. The average molecular weight is 599 g/mol. The minimum atomic E-state index is -1.97. The minimum absolute atomic E-state index is 0.0847. The molecule has 212 valence electrons. The number of aromatic hydroxyl groups is 1. The zero-order chi connectivity index (χ0) is 29.6. The molecule has 2 saturated heterocycles. The molecule has 10 nitrogen and oxygen atoms in total. The van der Waals surface area contributed by atoms with Crippen LogP contribution in [0.3, 0.4) is 0 Å². The van der Waals surface area contributed by atoms with E-state index in [1.54, 1.807) is 12.1 Å². The van der Waals surface area contributed by atoms with E-state index in [4.69, 9.17) is 27.9 Å². The summed E-state index contributed by atoms with van der Waals surface area (Å²) in [6.45, 7) is 0. The number of alkyl halides is 2. The highest BCUT2D eigenvalue weighted by Gasteiger charge is 2.75. The van der Waals surface area contributed by atoms with E-state index in [1.807, 2.05) is 0 Å². The van der Waals surface area contributed by atoms with E-state index in [0.717, 1.165) is 9.80 Å². The molecule has 12 heteroatoms. The van der Waals surface area contributed by atoms with E-state index >= 15 is 0 Å². The number of carboxylic acids is 1. The number of aromatic carboxylic acids is 1. The number of imide groups is 2. The first kappa shape index (κ1) is 27.3. The van der Waals surface area contributed by atoms with E-state index in [2.05, 4.69) is 0 Å². The number of carboxylic acid groups (broad SMARTS) is 1. The van der Waals surface area contributed by atoms with Gasteiger partial charge in [0.25, 0.3) is 11.8 Å². The zero-order valence-corrected chi connectivity index (χ0v) is 23.3. The fourth-order valence-electron chi connectivity index (χ4n) is 7.04. The maximum Gasteiger partial charge on any atom is 0.335 e. The lowest BCUT2D eigenvalue weighted by atomic mass is 9.56. The first-order valence-electron chi connectivity index (χ1n) is 12.8. The van der Waals surface area contributed by atoms with Crippen LogP contribution in [-0.4, -0.2) is 68.6 Å². The number of hydrogen-bond donors (Lipinski definition) is 2. The largest absolute Gasteiger partial charge is 0.504 e. The van der Waals surface area contributed by atoms with Gasteiger partial charge >= 0.3 is 5.97 Å². The van der Waals surface area contributed by atoms with Crippen molar-refractivity contribution >= 4 is 58.5 Å². The van der Waals surface area contributed by atoms with Crippen LogP contribution < -0.4 is 9.64 Å². The van der Waals surface area contributed by atoms with Gasteiger partial charge < -0.3 is 14.9 Å². The molecule has 3 fully saturated rings. The molecule has 41 heavy (non-hydrogen) atoms. The summed E-state index contributed by atoms with van der Waals surface area (Å²) in [4.78, 5) is 64.2. The number of amides is 4. The Balaban J connectivity index is 1.50. The molecular formula is C29H24Cl2N2O8. The van der Waals surface area contributed by atoms with Gasteiger partial charge in [-0.1, -0.05) is 23.8 Å². The molecule has 2 aliphatic carbocycles. The number of phenolic OH excluding ortho intramolecular Hbond substituents is 1. The third-order valence-corrected chi connectivity index (χ3v) is 10.3. The zero-order valence-electron chi connectivity index (χ0n) is 21.8. The Hall–Kier alpha value is -3.89. The van der Waals surface area contributed by atoms with Gasteiger partial charge in [-0.15, -0.1) is 23.2 Å². The molecule has 4 amide bonds. The van der Waals surface area contributed by atoms with Crippen molar-refractivity contribution in [2.75, 3.05) is 19.1 Å². The first-order valence-corrected chi connectivity index (χ1v) is 13.6. The Morgan fingerprint density at radius 3 is 2.41 bits per heavy atom. The number of hydrogen-bond acceptors (Lipinski definition) is 7. The predicted molar refractivity (Wildman–Crippen MR) is 146 cm³/mol. The van der Waals surface area contributed by atoms with E-state index < -0.39 is 63.0 Å². The standard InChI is InChI=1S/C29H24Cl2N2O8/c1-32-26(39)28(30)12-18-16(22(29(28,31)27(32)40)13-6-9-20(41-2)19(34)11-13)7-8-17-21(18)24(36)33(23(17)35)15-5-3-4-14(10-15)25(37)38/h3-7,9-11,17-18,21-22,34H,8,12H2,1-2H3,(H,37,38). The molecule has 2 aromatic carbocycles. The Kier molecular flexibility index (Phi) is 6.03. The summed E-state index contributed by atoms with van der Waals surface area (Å²) in [7, 11) is 2.68. The number of phenols is 1. The lowest BCUT2D eigenvalue weighted by Gasteiger charge is -2.50. The molecule has 0 bridgehead atoms. The van der Waals surface area contributed by atoms with Crippen LogP contribution in [0.25, 0.3) is 0 Å². The van der Waals surface area contributed by atoms with Crippen molar-refractivity contribution in [3.8, 4) is 11.5 Å². The SMILES string of the molecule is COc1ccc(C2C3=CCC4C(=O)N(c5cccc(C(=O)O)c5)C(=O)C4C3CC3(Cl)C(=O)N(C)C(=O)C23Cl)cc1O. The fourth-order valence-corrected chi connectivity index (χ4v) is 8.06. The van der Waals surface area contributed by atoms with Gasteiger partial charge in [-0.2, -0.15) is 0 Å². The van der Waals surface area contributed by atoms with Crippen LogP contribution >= 0.6 is 23.2 Å². The summed E-state index contributed by atoms with van der Waals surface area (Å²) in [6, 6.07) is 10.1. The van der Waals surface area contributed by atoms with Gasteiger partial charge in [0.05, 0.1) is 30.2 Å². The molecule has 6 atom stereocenters. The van der Waals surface area contributed by atoms with Crippen molar-refractivity contribution < 1.29 is 38.9 Å². The summed E-state index contributed by atoms with van der Waals surface area (Å²) >= 11 is 14.2. The molecular weight excluding hydrogens is 575 g/mol. The number of methoxy groups -OCH3 is 1. The second-order valence-electron chi connectivity index (χ2n) is 10.8. The number of carbonyl (C=O) groups excluding carboxylic acids is 4. The van der Waals surface area contributed by atoms with Crippen LogP contribution in [-0.2, 0) is 19.2 Å². The number of nitrogens with zero attached hydrogens (tertiary/aromatic N) is 2. The van der Waals surface area contributed by atoms with Gasteiger partial charge in [0.15, 0.2) is 21.2 Å². The average Bonchev–Trinajstić information content (AvgIpc) is 3.27. The maximum absolute atomic E-state index is 14.0. The van der Waals surface area contributed by atoms with Crippen molar-refractivity contribution in [1.82, 2.24) is 4.90 Å². The number of carbonyl (C=O) groups is 5. The number of allylic oxidation sites excluding steroid dienone is 2. The summed E-state index contributed by atoms with van der Waals surface area (Å²) in [5, 5.41) is 20.0. The molecule has 6 unspecified atom stereocenters. The van der Waals surface area contributed by atoms with Gasteiger partial charge in [-0.25, -0.2) is 4.79 Å². The van der Waals surface area contributed by atoms with Crippen LogP contribution in [0.15, 0.2) is 54.1 Å². The van der Waals surface area contributed by atoms with Gasteiger partial charge in [-0.05, 0) is 54.7 Å². The maximum atomic E-state index is 14.0. The molecule has 0 aromatic heterocycles. The highest BCUT2D eigenvalue weighted by atomic mass is 35.5. The number of ether oxygens (including phenoxy) is 1. The molecule has 2 aromatic rings. The Morgan fingerprint density at radius 1 is 1.02 bits per heavy atom. The number of rotatable bonds is 4. The topological polar surface area (TPSA) is 142 Å². The number of anilines is 1. The smallest absolute Gasteiger partial charge is 0.335 e. The Labute approximate surface area is 244 Å². The molecule has 6 rings (SSSR count). The number of halogens is 2. The summed E-state index contributed by atoms with van der Waals surface area (Å²) < 4.78 is 5.16. The van der Waals surface area contributed by atoms with Crippen molar-refractivity contribution in [1.29, 1.82) is 0 Å². The molecule has 2 N–H and O–H groups in total. The van der Waals surface area contributed by atoms with E-state index in [1.165, 1.54) is 50.6 Å². The van der Waals surface area contributed by atoms with Crippen molar-refractivity contribution in [3.05, 3.63) is 65.2 Å². The van der Waals surface area contributed by atoms with Crippen LogP contribution in [0.2, 0.25) is 0 Å². The molecule has 1 saturated carbocycles. The highest BCUT2D eigenvalue weighted by Crippen LogP contribution is 2.65. The van der Waals surface area contributed by atoms with Crippen molar-refractivity contribution in [2.45, 2.75) is 28.5 Å². The van der Waals surface area contributed by atoms with Gasteiger partial charge in [-0.3, -0.25) is 29.0 Å². The number of fused-ring (bicyclic) bond motifs is 4. The number of likely N-dealkylation sites (tertiary alicyclic amines) is 1. The monoisotopic (exact) mass is 598 g/mol. The lowest BCUT2D eigenvalue weighted by Crippen LogP contribution is -2.60. The summed E-state index contributed by atoms with van der Waals surface area (Å²) in [5.74, 6) is -7.21. The lowest BCUT2D eigenvalue weighted by molar-refractivity contribution is -0.138. The molecule has 0 spiro atoms. The van der Waals surface area contributed by atoms with E-state index in [0.29, 0.717) is 11.1 Å². The van der Waals surface area contributed by atoms with Crippen LogP contribution in [0.5, 0.6) is 11.5 Å². The van der Waals surface area contributed by atoms with Gasteiger partial charge in [0.2, 0.25) is 11.8 Å².